The van der Waals surface area contributed by atoms with Crippen molar-refractivity contribution in [2.75, 3.05) is 5.75 Å². The van der Waals surface area contributed by atoms with Gasteiger partial charge in [0.25, 0.3) is 10.1 Å². The molecule has 2 unspecified atom stereocenters. The third-order valence-corrected chi connectivity index (χ3v) is 11.7. The van der Waals surface area contributed by atoms with E-state index in [1.165, 1.54) is 193 Å². The summed E-state index contributed by atoms with van der Waals surface area (Å²) in [7, 11) is -4.34. The van der Waals surface area contributed by atoms with Gasteiger partial charge in [-0.05, 0) is 44.9 Å². The van der Waals surface area contributed by atoms with Gasteiger partial charge in [-0.25, -0.2) is 0 Å². The first-order valence-corrected chi connectivity index (χ1v) is 25.1. The second-order valence-corrected chi connectivity index (χ2v) is 17.9. The first kappa shape index (κ1) is 52.8. The van der Waals surface area contributed by atoms with Crippen molar-refractivity contribution >= 4 is 16.0 Å². The molecule has 0 saturated heterocycles. The Bertz CT molecular complexity index is 950. The molecule has 7 heteroatoms. The van der Waals surface area contributed by atoms with Crippen LogP contribution in [0.1, 0.15) is 251 Å². The molecule has 0 radical (unpaired) electrons. The van der Waals surface area contributed by atoms with E-state index in [0.717, 1.165) is 38.5 Å². The number of hydrogen-bond donors (Lipinski definition) is 3. The molecule has 0 saturated carbocycles. The summed E-state index contributed by atoms with van der Waals surface area (Å²) < 4.78 is 32.6. The minimum Gasteiger partial charge on any atom is -0.387 e. The smallest absolute Gasteiger partial charge is 0.267 e. The zero-order valence-electron chi connectivity index (χ0n) is 35.9. The maximum absolute atomic E-state index is 12.6. The number of carbonyl (C=O) groups excluding carboxylic acids is 1. The standard InChI is InChI=1S/C47H91NO5S/c1-3-5-7-9-11-13-15-17-19-21-23-25-26-28-30-32-34-36-38-40-42-46(49)45(44-54(51,52)53)48-47(50)43-41-39-37-35-33-31-29-27-24-22-20-18-16-14-12-10-8-6-4-2/h18,20,40,42,45-46,49H,3-17,19,21-39,41,43-44H2,1-2H3,(H,48,50)(H,51,52,53)/b20-18-,42-40+. The Morgan fingerprint density at radius 1 is 0.481 bits per heavy atom. The second-order valence-electron chi connectivity index (χ2n) is 16.4. The summed E-state index contributed by atoms with van der Waals surface area (Å²) in [4.78, 5) is 12.6. The highest BCUT2D eigenvalue weighted by Gasteiger charge is 2.24. The molecule has 3 N–H and O–H groups in total. The third-order valence-electron chi connectivity index (χ3n) is 10.9. The van der Waals surface area contributed by atoms with Crippen LogP contribution in [0.3, 0.4) is 0 Å². The largest absolute Gasteiger partial charge is 0.387 e. The fourth-order valence-corrected chi connectivity index (χ4v) is 8.06. The van der Waals surface area contributed by atoms with Gasteiger partial charge in [0, 0.05) is 6.42 Å². The van der Waals surface area contributed by atoms with Crippen molar-refractivity contribution in [2.24, 2.45) is 0 Å². The van der Waals surface area contributed by atoms with E-state index in [1.807, 2.05) is 6.08 Å². The predicted octanol–water partition coefficient (Wildman–Crippen LogP) is 14.3. The Morgan fingerprint density at radius 3 is 1.11 bits per heavy atom. The first-order valence-electron chi connectivity index (χ1n) is 23.5. The topological polar surface area (TPSA) is 104 Å². The Labute approximate surface area is 336 Å². The van der Waals surface area contributed by atoms with Gasteiger partial charge in [0.05, 0.1) is 17.9 Å². The zero-order valence-corrected chi connectivity index (χ0v) is 36.7. The lowest BCUT2D eigenvalue weighted by molar-refractivity contribution is -0.122. The van der Waals surface area contributed by atoms with Crippen molar-refractivity contribution < 1.29 is 22.9 Å². The molecule has 6 nitrogen and oxygen atoms in total. The van der Waals surface area contributed by atoms with E-state index in [9.17, 15) is 22.9 Å². The fourth-order valence-electron chi connectivity index (χ4n) is 7.33. The van der Waals surface area contributed by atoms with Gasteiger partial charge in [0.2, 0.25) is 5.91 Å². The van der Waals surface area contributed by atoms with Crippen LogP contribution >= 0.6 is 0 Å². The lowest BCUT2D eigenvalue weighted by atomic mass is 10.0. The summed E-state index contributed by atoms with van der Waals surface area (Å²) in [5.74, 6) is -0.973. The van der Waals surface area contributed by atoms with Gasteiger partial charge in [-0.1, -0.05) is 224 Å². The van der Waals surface area contributed by atoms with Crippen LogP contribution in [0.15, 0.2) is 24.3 Å². The molecule has 0 aromatic carbocycles. The highest BCUT2D eigenvalue weighted by atomic mass is 32.2. The Morgan fingerprint density at radius 2 is 0.778 bits per heavy atom. The van der Waals surface area contributed by atoms with Gasteiger partial charge in [-0.15, -0.1) is 0 Å². The molecular formula is C47H91NO5S. The summed E-state index contributed by atoms with van der Waals surface area (Å²) >= 11 is 0. The number of aliphatic hydroxyl groups excluding tert-OH is 1. The quantitative estimate of drug-likeness (QED) is 0.0325. The van der Waals surface area contributed by atoms with E-state index in [1.54, 1.807) is 6.08 Å². The van der Waals surface area contributed by atoms with E-state index in [2.05, 4.69) is 31.3 Å². The molecule has 0 aromatic rings. The molecule has 0 heterocycles. The molecule has 1 amide bonds. The number of carbonyl (C=O) groups is 1. The van der Waals surface area contributed by atoms with Gasteiger partial charge in [-0.3, -0.25) is 9.35 Å². The third kappa shape index (κ3) is 42.0. The number of amides is 1. The highest BCUT2D eigenvalue weighted by molar-refractivity contribution is 7.85. The number of rotatable bonds is 43. The fraction of sp³-hybridized carbons (Fsp3) is 0.894. The molecule has 2 atom stereocenters. The van der Waals surface area contributed by atoms with Gasteiger partial charge in [0.1, 0.15) is 0 Å². The summed E-state index contributed by atoms with van der Waals surface area (Å²) in [5.41, 5.74) is 0. The molecule has 0 fully saturated rings. The molecule has 0 bridgehead atoms. The second kappa shape index (κ2) is 41.5. The van der Waals surface area contributed by atoms with E-state index >= 15 is 0 Å². The Hall–Kier alpha value is -1.18. The van der Waals surface area contributed by atoms with Crippen LogP contribution in [-0.4, -0.2) is 41.9 Å². The molecule has 320 valence electrons. The van der Waals surface area contributed by atoms with Gasteiger partial charge >= 0.3 is 0 Å². The van der Waals surface area contributed by atoms with Crippen molar-refractivity contribution in [1.29, 1.82) is 0 Å². The van der Waals surface area contributed by atoms with Crippen molar-refractivity contribution in [3.05, 3.63) is 24.3 Å². The highest BCUT2D eigenvalue weighted by Crippen LogP contribution is 2.16. The first-order chi connectivity index (χ1) is 26.3. The molecule has 0 spiro atoms. The lowest BCUT2D eigenvalue weighted by Gasteiger charge is -2.21. The van der Waals surface area contributed by atoms with Crippen LogP contribution in [0.4, 0.5) is 0 Å². The van der Waals surface area contributed by atoms with Crippen LogP contribution in [-0.2, 0) is 14.9 Å². The van der Waals surface area contributed by atoms with Crippen LogP contribution in [0.25, 0.3) is 0 Å². The van der Waals surface area contributed by atoms with Crippen LogP contribution in [0, 0.1) is 0 Å². The minimum absolute atomic E-state index is 0.277. The molecule has 0 aliphatic heterocycles. The average molecular weight is 782 g/mol. The Balaban J connectivity index is 3.83. The Kier molecular flexibility index (Phi) is 40.5. The minimum atomic E-state index is -4.34. The number of allylic oxidation sites excluding steroid dienone is 3. The number of aliphatic hydroxyl groups is 1. The van der Waals surface area contributed by atoms with Crippen LogP contribution in [0.2, 0.25) is 0 Å². The molecular weight excluding hydrogens is 691 g/mol. The monoisotopic (exact) mass is 782 g/mol. The van der Waals surface area contributed by atoms with Crippen LogP contribution in [0.5, 0.6) is 0 Å². The number of unbranched alkanes of at least 4 members (excludes halogenated alkanes) is 33. The van der Waals surface area contributed by atoms with E-state index in [0.29, 0.717) is 6.42 Å². The average Bonchev–Trinajstić information content (AvgIpc) is 3.14. The van der Waals surface area contributed by atoms with Crippen LogP contribution < -0.4 is 5.32 Å². The maximum atomic E-state index is 12.6. The van der Waals surface area contributed by atoms with Crippen molar-refractivity contribution in [1.82, 2.24) is 5.32 Å². The summed E-state index contributed by atoms with van der Waals surface area (Å²) in [6.07, 6.45) is 53.1. The van der Waals surface area contributed by atoms with Gasteiger partial charge in [-0.2, -0.15) is 8.42 Å². The van der Waals surface area contributed by atoms with Crippen molar-refractivity contribution in [3.8, 4) is 0 Å². The molecule has 0 aliphatic rings. The van der Waals surface area contributed by atoms with E-state index in [4.69, 9.17) is 0 Å². The normalized spacial score (nSPS) is 13.3. The van der Waals surface area contributed by atoms with Crippen molar-refractivity contribution in [2.45, 2.75) is 264 Å². The zero-order chi connectivity index (χ0) is 39.6. The van der Waals surface area contributed by atoms with E-state index in [-0.39, 0.29) is 5.91 Å². The molecule has 0 aromatic heterocycles. The SMILES string of the molecule is CCCCCCCC/C=C\CCCCCCCCCCCC(=O)NC(CS(=O)(=O)O)C(O)/C=C/CCCCCCCCCCCCCCCCCCCC. The van der Waals surface area contributed by atoms with E-state index < -0.39 is 28.0 Å². The number of nitrogens with one attached hydrogen (secondary N) is 1. The van der Waals surface area contributed by atoms with Gasteiger partial charge in [0.15, 0.2) is 0 Å². The molecule has 54 heavy (non-hydrogen) atoms. The maximum Gasteiger partial charge on any atom is 0.267 e. The predicted molar refractivity (Wildman–Crippen MR) is 235 cm³/mol. The lowest BCUT2D eigenvalue weighted by Crippen LogP contribution is -2.46. The summed E-state index contributed by atoms with van der Waals surface area (Å²) in [6.45, 7) is 4.54. The van der Waals surface area contributed by atoms with Gasteiger partial charge < -0.3 is 10.4 Å². The summed E-state index contributed by atoms with van der Waals surface area (Å²) in [6, 6.07) is -1.06. The summed E-state index contributed by atoms with van der Waals surface area (Å²) in [5, 5.41) is 13.3. The molecule has 0 rings (SSSR count). The van der Waals surface area contributed by atoms with Crippen molar-refractivity contribution in [3.63, 3.8) is 0 Å². The number of hydrogen-bond acceptors (Lipinski definition) is 4. The molecule has 0 aliphatic carbocycles.